The van der Waals surface area contributed by atoms with Gasteiger partial charge in [0.2, 0.25) is 0 Å². The molecule has 0 amide bonds. The van der Waals surface area contributed by atoms with Crippen molar-refractivity contribution in [3.05, 3.63) is 0 Å². The second-order valence-corrected chi connectivity index (χ2v) is 7.22. The van der Waals surface area contributed by atoms with Crippen molar-refractivity contribution in [3.63, 3.8) is 0 Å². The van der Waals surface area contributed by atoms with Crippen LogP contribution in [0.4, 0.5) is 0 Å². The molecule has 17 heavy (non-hydrogen) atoms. The topological polar surface area (TPSA) is 21.3 Å². The molecule has 0 aromatic heterocycles. The van der Waals surface area contributed by atoms with Crippen LogP contribution in [-0.4, -0.2) is 37.3 Å². The Morgan fingerprint density at radius 3 is 2.82 bits per heavy atom. The molecule has 0 saturated heterocycles. The van der Waals surface area contributed by atoms with Gasteiger partial charge in [0.05, 0.1) is 6.61 Å². The summed E-state index contributed by atoms with van der Waals surface area (Å²) in [5.74, 6) is 1.13. The third kappa shape index (κ3) is 5.62. The van der Waals surface area contributed by atoms with Crippen molar-refractivity contribution in [2.75, 3.05) is 26.0 Å². The number of methoxy groups -OCH3 is 1. The first-order valence-corrected chi connectivity index (χ1v) is 7.98. The Labute approximate surface area is 111 Å². The molecule has 1 aliphatic carbocycles. The summed E-state index contributed by atoms with van der Waals surface area (Å²) in [7, 11) is 1.79. The first-order valence-electron chi connectivity index (χ1n) is 6.93. The molecule has 1 N–H and O–H groups in total. The zero-order valence-corrected chi connectivity index (χ0v) is 12.7. The predicted octanol–water partition coefficient (Wildman–Crippen LogP) is 3.31. The molecular formula is C14H29NOS. The molecule has 0 heterocycles. The summed E-state index contributed by atoms with van der Waals surface area (Å²) in [6.45, 7) is 9.10. The Hall–Kier alpha value is 0.270. The van der Waals surface area contributed by atoms with Crippen molar-refractivity contribution < 1.29 is 4.74 Å². The number of thioether (sulfide) groups is 1. The number of nitrogens with one attached hydrogen (secondary N) is 1. The van der Waals surface area contributed by atoms with Crippen molar-refractivity contribution in [2.45, 2.75) is 57.7 Å². The fraction of sp³-hybridized carbons (Fsp3) is 1.00. The zero-order valence-electron chi connectivity index (χ0n) is 11.9. The lowest BCUT2D eigenvalue weighted by atomic mass is 9.75. The summed E-state index contributed by atoms with van der Waals surface area (Å²) in [6.07, 6.45) is 5.26. The molecule has 2 atom stereocenters. The highest BCUT2D eigenvalue weighted by molar-refractivity contribution is 8.00. The van der Waals surface area contributed by atoms with Gasteiger partial charge in [-0.15, -0.1) is 0 Å². The lowest BCUT2D eigenvalue weighted by Crippen LogP contribution is -2.45. The van der Waals surface area contributed by atoms with Gasteiger partial charge in [-0.25, -0.2) is 0 Å². The molecule has 102 valence electrons. The molecule has 2 nitrogen and oxygen atoms in total. The van der Waals surface area contributed by atoms with Crippen molar-refractivity contribution in [1.29, 1.82) is 0 Å². The number of hydrogen-bond donors (Lipinski definition) is 1. The minimum atomic E-state index is 0.523. The summed E-state index contributed by atoms with van der Waals surface area (Å²) in [4.78, 5) is 0. The van der Waals surface area contributed by atoms with E-state index in [1.54, 1.807) is 7.11 Å². The molecule has 0 aliphatic heterocycles. The molecule has 1 rings (SSSR count). The number of hydrogen-bond acceptors (Lipinski definition) is 3. The molecule has 0 aromatic carbocycles. The predicted molar refractivity (Wildman–Crippen MR) is 77.8 cm³/mol. The van der Waals surface area contributed by atoms with Gasteiger partial charge in [0.15, 0.2) is 0 Å². The normalized spacial score (nSPS) is 28.2. The van der Waals surface area contributed by atoms with Gasteiger partial charge in [-0.2, -0.15) is 11.8 Å². The first kappa shape index (κ1) is 15.3. The summed E-state index contributed by atoms with van der Waals surface area (Å²) in [5, 5.41) is 4.49. The zero-order chi connectivity index (χ0) is 12.7. The highest BCUT2D eigenvalue weighted by atomic mass is 32.2. The van der Waals surface area contributed by atoms with Crippen molar-refractivity contribution in [1.82, 2.24) is 5.32 Å². The lowest BCUT2D eigenvalue weighted by Gasteiger charge is -2.41. The van der Waals surface area contributed by atoms with E-state index in [1.807, 2.05) is 0 Å². The largest absolute Gasteiger partial charge is 0.384 e. The standard InChI is InChI=1S/C14H29NOS/c1-5-8-15-12-6-7-14(2,3)11-13(12)17-10-9-16-4/h12-13,15H,5-11H2,1-4H3. The Morgan fingerprint density at radius 2 is 2.18 bits per heavy atom. The Kier molecular flexibility index (Phi) is 6.90. The van der Waals surface area contributed by atoms with Gasteiger partial charge in [-0.1, -0.05) is 20.8 Å². The van der Waals surface area contributed by atoms with Gasteiger partial charge >= 0.3 is 0 Å². The van der Waals surface area contributed by atoms with Gasteiger partial charge in [-0.05, 0) is 37.6 Å². The van der Waals surface area contributed by atoms with Gasteiger partial charge in [0, 0.05) is 24.2 Å². The van der Waals surface area contributed by atoms with Gasteiger partial charge in [0.1, 0.15) is 0 Å². The van der Waals surface area contributed by atoms with Crippen molar-refractivity contribution >= 4 is 11.8 Å². The Balaban J connectivity index is 2.43. The van der Waals surface area contributed by atoms with E-state index < -0.39 is 0 Å². The quantitative estimate of drug-likeness (QED) is 0.709. The molecular weight excluding hydrogens is 230 g/mol. The molecule has 1 saturated carbocycles. The van der Waals surface area contributed by atoms with E-state index in [-0.39, 0.29) is 0 Å². The second kappa shape index (κ2) is 7.65. The minimum Gasteiger partial charge on any atom is -0.384 e. The first-order chi connectivity index (χ1) is 8.09. The summed E-state index contributed by atoms with van der Waals surface area (Å²) in [5.41, 5.74) is 0.523. The molecule has 0 bridgehead atoms. The molecule has 3 heteroatoms. The van der Waals surface area contributed by atoms with Crippen LogP contribution in [0.3, 0.4) is 0 Å². The van der Waals surface area contributed by atoms with Crippen LogP contribution < -0.4 is 5.32 Å². The van der Waals surface area contributed by atoms with E-state index in [4.69, 9.17) is 4.74 Å². The average Bonchev–Trinajstić information content (AvgIpc) is 2.27. The Morgan fingerprint density at radius 1 is 1.41 bits per heavy atom. The van der Waals surface area contributed by atoms with Crippen LogP contribution in [0.2, 0.25) is 0 Å². The van der Waals surface area contributed by atoms with E-state index in [1.165, 1.54) is 25.7 Å². The molecule has 0 spiro atoms. The minimum absolute atomic E-state index is 0.523. The molecule has 1 fully saturated rings. The van der Waals surface area contributed by atoms with Crippen LogP contribution in [0, 0.1) is 5.41 Å². The maximum atomic E-state index is 5.16. The van der Waals surface area contributed by atoms with E-state index in [0.717, 1.165) is 24.2 Å². The van der Waals surface area contributed by atoms with Gasteiger partial charge < -0.3 is 10.1 Å². The Bertz CT molecular complexity index is 208. The van der Waals surface area contributed by atoms with Crippen LogP contribution in [0.5, 0.6) is 0 Å². The molecule has 0 aromatic rings. The second-order valence-electron chi connectivity index (χ2n) is 5.87. The third-order valence-electron chi connectivity index (χ3n) is 3.61. The third-order valence-corrected chi connectivity index (χ3v) is 4.94. The monoisotopic (exact) mass is 259 g/mol. The number of rotatable bonds is 7. The van der Waals surface area contributed by atoms with E-state index in [0.29, 0.717) is 11.5 Å². The summed E-state index contributed by atoms with van der Waals surface area (Å²) >= 11 is 2.10. The fourth-order valence-corrected chi connectivity index (χ4v) is 4.14. The maximum absolute atomic E-state index is 5.16. The maximum Gasteiger partial charge on any atom is 0.0553 e. The van der Waals surface area contributed by atoms with Crippen LogP contribution in [0.25, 0.3) is 0 Å². The van der Waals surface area contributed by atoms with Crippen LogP contribution in [0.1, 0.15) is 46.5 Å². The van der Waals surface area contributed by atoms with Crippen LogP contribution in [0.15, 0.2) is 0 Å². The van der Waals surface area contributed by atoms with Crippen LogP contribution in [-0.2, 0) is 4.74 Å². The lowest BCUT2D eigenvalue weighted by molar-refractivity contribution is 0.209. The smallest absolute Gasteiger partial charge is 0.0553 e. The van der Waals surface area contributed by atoms with Crippen LogP contribution >= 0.6 is 11.8 Å². The molecule has 1 aliphatic rings. The summed E-state index contributed by atoms with van der Waals surface area (Å²) < 4.78 is 5.16. The molecule has 2 unspecified atom stereocenters. The van der Waals surface area contributed by atoms with Crippen molar-refractivity contribution in [3.8, 4) is 0 Å². The summed E-state index contributed by atoms with van der Waals surface area (Å²) in [6, 6.07) is 0.713. The van der Waals surface area contributed by atoms with Crippen molar-refractivity contribution in [2.24, 2.45) is 5.41 Å². The highest BCUT2D eigenvalue weighted by Crippen LogP contribution is 2.40. The number of ether oxygens (including phenoxy) is 1. The van der Waals surface area contributed by atoms with E-state index >= 15 is 0 Å². The fourth-order valence-electron chi connectivity index (χ4n) is 2.54. The van der Waals surface area contributed by atoms with E-state index in [9.17, 15) is 0 Å². The average molecular weight is 259 g/mol. The highest BCUT2D eigenvalue weighted by Gasteiger charge is 2.34. The van der Waals surface area contributed by atoms with E-state index in [2.05, 4.69) is 37.8 Å². The molecule has 0 radical (unpaired) electrons. The van der Waals surface area contributed by atoms with Gasteiger partial charge in [0.25, 0.3) is 0 Å². The SMILES string of the molecule is CCCNC1CCC(C)(C)CC1SCCOC. The van der Waals surface area contributed by atoms with Gasteiger partial charge in [-0.3, -0.25) is 0 Å².